The molecule has 0 aromatic heterocycles. The van der Waals surface area contributed by atoms with Gasteiger partial charge in [0, 0.05) is 13.1 Å². The van der Waals surface area contributed by atoms with Gasteiger partial charge in [0.2, 0.25) is 5.91 Å². The molecule has 1 fully saturated rings. The van der Waals surface area contributed by atoms with Crippen LogP contribution in [0.5, 0.6) is 0 Å². The fourth-order valence-corrected chi connectivity index (χ4v) is 1.27. The molecule has 0 aromatic rings. The second-order valence-corrected chi connectivity index (χ2v) is 2.76. The van der Waals surface area contributed by atoms with Crippen molar-refractivity contribution in [2.75, 3.05) is 18.8 Å². The largest absolute Gasteiger partial charge is 0.353 e. The molecule has 1 saturated heterocycles. The molecule has 2 N–H and O–H groups in total. The lowest BCUT2D eigenvalue weighted by atomic mass is 10.2. The van der Waals surface area contributed by atoms with Crippen molar-refractivity contribution >= 4 is 18.5 Å². The van der Waals surface area contributed by atoms with Crippen LogP contribution in [0.2, 0.25) is 0 Å². The van der Waals surface area contributed by atoms with E-state index in [2.05, 4.69) is 23.3 Å². The van der Waals surface area contributed by atoms with Crippen LogP contribution in [-0.2, 0) is 4.79 Å². The topological polar surface area (TPSA) is 41.1 Å². The SMILES string of the molecule is O=C1NCCNC1CCS. The number of rotatable bonds is 2. The Kier molecular flexibility index (Phi) is 3.02. The third-order valence-electron chi connectivity index (χ3n) is 1.55. The molecular weight excluding hydrogens is 148 g/mol. The van der Waals surface area contributed by atoms with Crippen LogP contribution < -0.4 is 10.6 Å². The highest BCUT2D eigenvalue weighted by Crippen LogP contribution is 1.96. The molecule has 1 aliphatic heterocycles. The summed E-state index contributed by atoms with van der Waals surface area (Å²) in [4.78, 5) is 11.0. The van der Waals surface area contributed by atoms with Crippen molar-refractivity contribution in [1.82, 2.24) is 10.6 Å². The molecule has 58 valence electrons. The summed E-state index contributed by atoms with van der Waals surface area (Å²) in [5.41, 5.74) is 0. The van der Waals surface area contributed by atoms with Crippen molar-refractivity contribution in [1.29, 1.82) is 0 Å². The highest BCUT2D eigenvalue weighted by Gasteiger charge is 2.19. The first kappa shape index (κ1) is 7.88. The normalized spacial score (nSPS) is 26.1. The van der Waals surface area contributed by atoms with Crippen LogP contribution in [0.1, 0.15) is 6.42 Å². The standard InChI is InChI=1S/C6H12N2OS/c9-6-5(1-4-10)7-2-3-8-6/h5,7,10H,1-4H2,(H,8,9). The molecule has 0 aromatic carbocycles. The lowest BCUT2D eigenvalue weighted by molar-refractivity contribution is -0.124. The summed E-state index contributed by atoms with van der Waals surface area (Å²) in [6.45, 7) is 1.63. The zero-order chi connectivity index (χ0) is 7.40. The minimum atomic E-state index is -0.00810. The summed E-state index contributed by atoms with van der Waals surface area (Å²) >= 11 is 4.05. The number of amides is 1. The molecule has 1 heterocycles. The van der Waals surface area contributed by atoms with E-state index in [0.717, 1.165) is 25.3 Å². The average molecular weight is 160 g/mol. The molecule has 3 nitrogen and oxygen atoms in total. The summed E-state index contributed by atoms with van der Waals surface area (Å²) in [6.07, 6.45) is 0.814. The second-order valence-electron chi connectivity index (χ2n) is 2.31. The van der Waals surface area contributed by atoms with Crippen LogP contribution in [0.4, 0.5) is 0 Å². The Labute approximate surface area is 66.0 Å². The van der Waals surface area contributed by atoms with E-state index in [1.807, 2.05) is 0 Å². The average Bonchev–Trinajstić information content (AvgIpc) is 1.94. The predicted molar refractivity (Wildman–Crippen MR) is 43.3 cm³/mol. The predicted octanol–water partition coefficient (Wildman–Crippen LogP) is -0.606. The highest BCUT2D eigenvalue weighted by atomic mass is 32.1. The molecule has 10 heavy (non-hydrogen) atoms. The van der Waals surface area contributed by atoms with Gasteiger partial charge < -0.3 is 10.6 Å². The molecule has 1 rings (SSSR count). The van der Waals surface area contributed by atoms with Crippen molar-refractivity contribution in [3.05, 3.63) is 0 Å². The Balaban J connectivity index is 2.32. The van der Waals surface area contributed by atoms with Gasteiger partial charge in [-0.1, -0.05) is 0 Å². The Hall–Kier alpha value is -0.220. The van der Waals surface area contributed by atoms with Gasteiger partial charge in [-0.05, 0) is 12.2 Å². The number of hydrogen-bond acceptors (Lipinski definition) is 3. The molecule has 0 radical (unpaired) electrons. The van der Waals surface area contributed by atoms with Crippen LogP contribution in [0.3, 0.4) is 0 Å². The van der Waals surface area contributed by atoms with Crippen molar-refractivity contribution in [3.63, 3.8) is 0 Å². The quantitative estimate of drug-likeness (QED) is 0.472. The molecule has 1 unspecified atom stereocenters. The zero-order valence-electron chi connectivity index (χ0n) is 5.76. The first-order chi connectivity index (χ1) is 4.84. The second kappa shape index (κ2) is 3.83. The maximum absolute atomic E-state index is 11.0. The number of carbonyl (C=O) groups excluding carboxylic acids is 1. The van der Waals surface area contributed by atoms with Crippen molar-refractivity contribution in [3.8, 4) is 0 Å². The van der Waals surface area contributed by atoms with Gasteiger partial charge in [-0.2, -0.15) is 12.6 Å². The van der Waals surface area contributed by atoms with Gasteiger partial charge in [-0.25, -0.2) is 0 Å². The number of thiol groups is 1. The van der Waals surface area contributed by atoms with E-state index in [1.54, 1.807) is 0 Å². The monoisotopic (exact) mass is 160 g/mol. The fourth-order valence-electron chi connectivity index (χ4n) is 1.01. The van der Waals surface area contributed by atoms with Gasteiger partial charge >= 0.3 is 0 Å². The maximum Gasteiger partial charge on any atom is 0.237 e. The molecule has 1 amide bonds. The van der Waals surface area contributed by atoms with E-state index in [4.69, 9.17) is 0 Å². The lowest BCUT2D eigenvalue weighted by Crippen LogP contribution is -2.52. The molecular formula is C6H12N2OS. The summed E-state index contributed by atoms with van der Waals surface area (Å²) in [7, 11) is 0. The van der Waals surface area contributed by atoms with Crippen LogP contribution in [-0.4, -0.2) is 30.8 Å². The fraction of sp³-hybridized carbons (Fsp3) is 0.833. The van der Waals surface area contributed by atoms with Gasteiger partial charge in [0.1, 0.15) is 0 Å². The van der Waals surface area contributed by atoms with Crippen molar-refractivity contribution in [2.24, 2.45) is 0 Å². The molecule has 0 saturated carbocycles. The van der Waals surface area contributed by atoms with Gasteiger partial charge in [0.05, 0.1) is 6.04 Å². The molecule has 0 aliphatic carbocycles. The summed E-state index contributed by atoms with van der Waals surface area (Å²) in [6, 6.07) is -0.00810. The van der Waals surface area contributed by atoms with Crippen LogP contribution in [0, 0.1) is 0 Å². The van der Waals surface area contributed by atoms with E-state index < -0.39 is 0 Å². The number of nitrogens with one attached hydrogen (secondary N) is 2. The first-order valence-electron chi connectivity index (χ1n) is 3.46. The number of hydrogen-bond donors (Lipinski definition) is 3. The van der Waals surface area contributed by atoms with Gasteiger partial charge in [-0.15, -0.1) is 0 Å². The van der Waals surface area contributed by atoms with Gasteiger partial charge in [0.15, 0.2) is 0 Å². The Morgan fingerprint density at radius 1 is 1.60 bits per heavy atom. The zero-order valence-corrected chi connectivity index (χ0v) is 6.66. The molecule has 0 spiro atoms. The third kappa shape index (κ3) is 1.88. The van der Waals surface area contributed by atoms with Crippen LogP contribution >= 0.6 is 12.6 Å². The van der Waals surface area contributed by atoms with E-state index in [9.17, 15) is 4.79 Å². The molecule has 0 bridgehead atoms. The van der Waals surface area contributed by atoms with E-state index in [-0.39, 0.29) is 11.9 Å². The maximum atomic E-state index is 11.0. The van der Waals surface area contributed by atoms with E-state index in [0.29, 0.717) is 0 Å². The molecule has 4 heteroatoms. The highest BCUT2D eigenvalue weighted by molar-refractivity contribution is 7.80. The summed E-state index contributed by atoms with van der Waals surface area (Å²) < 4.78 is 0. The van der Waals surface area contributed by atoms with Crippen LogP contribution in [0.25, 0.3) is 0 Å². The summed E-state index contributed by atoms with van der Waals surface area (Å²) in [5.74, 6) is 0.866. The van der Waals surface area contributed by atoms with Gasteiger partial charge in [-0.3, -0.25) is 4.79 Å². The van der Waals surface area contributed by atoms with Gasteiger partial charge in [0.25, 0.3) is 0 Å². The van der Waals surface area contributed by atoms with E-state index >= 15 is 0 Å². The number of piperazine rings is 1. The van der Waals surface area contributed by atoms with Crippen molar-refractivity contribution in [2.45, 2.75) is 12.5 Å². The first-order valence-corrected chi connectivity index (χ1v) is 4.10. The van der Waals surface area contributed by atoms with E-state index in [1.165, 1.54) is 0 Å². The number of carbonyl (C=O) groups is 1. The minimum absolute atomic E-state index is 0.00810. The third-order valence-corrected chi connectivity index (χ3v) is 1.81. The van der Waals surface area contributed by atoms with Crippen LogP contribution in [0.15, 0.2) is 0 Å². The minimum Gasteiger partial charge on any atom is -0.353 e. The smallest absolute Gasteiger partial charge is 0.237 e. The molecule has 1 aliphatic rings. The van der Waals surface area contributed by atoms with Crippen molar-refractivity contribution < 1.29 is 4.79 Å². The lowest BCUT2D eigenvalue weighted by Gasteiger charge is -2.22. The summed E-state index contributed by atoms with van der Waals surface area (Å²) in [5, 5.41) is 5.89. The Bertz CT molecular complexity index is 127. The Morgan fingerprint density at radius 2 is 2.40 bits per heavy atom. The molecule has 1 atom stereocenters. The Morgan fingerprint density at radius 3 is 3.00 bits per heavy atom.